The van der Waals surface area contributed by atoms with Crippen LogP contribution in [0.1, 0.15) is 57.9 Å². The highest BCUT2D eigenvalue weighted by Crippen LogP contribution is 2.27. The lowest BCUT2D eigenvalue weighted by molar-refractivity contribution is -0.0235. The quantitative estimate of drug-likeness (QED) is 0.858. The van der Waals surface area contributed by atoms with Crippen molar-refractivity contribution >= 4 is 0 Å². The van der Waals surface area contributed by atoms with Crippen LogP contribution in [-0.2, 0) is 17.9 Å². The Morgan fingerprint density at radius 3 is 2.95 bits per heavy atom. The molecule has 0 spiro atoms. The Hall–Kier alpha value is -0.870. The number of ether oxygens (including phenoxy) is 1. The number of nitrogens with zero attached hydrogens (tertiary/aromatic N) is 1. The molecule has 4 heteroatoms. The van der Waals surface area contributed by atoms with Crippen LogP contribution in [0.3, 0.4) is 0 Å². The second-order valence-corrected chi connectivity index (χ2v) is 5.93. The van der Waals surface area contributed by atoms with E-state index in [4.69, 9.17) is 9.26 Å². The average molecular weight is 266 g/mol. The lowest BCUT2D eigenvalue weighted by atomic mass is 9.88. The SMILES string of the molecule is CC(C)NCc1cc(COC2CCCCC2C)on1. The van der Waals surface area contributed by atoms with Crippen LogP contribution in [0.2, 0.25) is 0 Å². The Balaban J connectivity index is 1.76. The molecule has 1 fully saturated rings. The van der Waals surface area contributed by atoms with Crippen LogP contribution in [0, 0.1) is 5.92 Å². The number of nitrogens with one attached hydrogen (secondary N) is 1. The molecule has 4 nitrogen and oxygen atoms in total. The molecular formula is C15H26N2O2. The summed E-state index contributed by atoms with van der Waals surface area (Å²) >= 11 is 0. The fourth-order valence-electron chi connectivity index (χ4n) is 2.53. The topological polar surface area (TPSA) is 47.3 Å². The van der Waals surface area contributed by atoms with Crippen LogP contribution in [0.15, 0.2) is 10.6 Å². The van der Waals surface area contributed by atoms with Crippen molar-refractivity contribution in [2.24, 2.45) is 5.92 Å². The summed E-state index contributed by atoms with van der Waals surface area (Å²) in [6, 6.07) is 2.45. The third-order valence-corrected chi connectivity index (χ3v) is 3.77. The molecule has 0 aliphatic heterocycles. The van der Waals surface area contributed by atoms with Gasteiger partial charge in [-0.1, -0.05) is 38.8 Å². The van der Waals surface area contributed by atoms with Crippen molar-refractivity contribution in [3.8, 4) is 0 Å². The summed E-state index contributed by atoms with van der Waals surface area (Å²) in [6.45, 7) is 7.82. The molecule has 0 saturated heterocycles. The first-order chi connectivity index (χ1) is 9.15. The molecule has 0 bridgehead atoms. The molecule has 0 aromatic carbocycles. The maximum atomic E-state index is 5.97. The number of rotatable bonds is 6. The van der Waals surface area contributed by atoms with Crippen LogP contribution in [0.25, 0.3) is 0 Å². The fourth-order valence-corrected chi connectivity index (χ4v) is 2.53. The minimum atomic E-state index is 0.385. The van der Waals surface area contributed by atoms with Crippen molar-refractivity contribution < 1.29 is 9.26 Å². The van der Waals surface area contributed by atoms with E-state index in [1.54, 1.807) is 0 Å². The first-order valence-electron chi connectivity index (χ1n) is 7.44. The molecule has 2 unspecified atom stereocenters. The Morgan fingerprint density at radius 1 is 1.42 bits per heavy atom. The molecule has 1 aromatic rings. The van der Waals surface area contributed by atoms with E-state index >= 15 is 0 Å². The van der Waals surface area contributed by atoms with Crippen molar-refractivity contribution in [1.29, 1.82) is 0 Å². The molecule has 1 aliphatic rings. The van der Waals surface area contributed by atoms with Crippen LogP contribution in [-0.4, -0.2) is 17.3 Å². The van der Waals surface area contributed by atoms with E-state index in [0.717, 1.165) is 18.0 Å². The highest BCUT2D eigenvalue weighted by Gasteiger charge is 2.22. The van der Waals surface area contributed by atoms with Gasteiger partial charge in [0.15, 0.2) is 5.76 Å². The Kier molecular flexibility index (Phi) is 5.40. The van der Waals surface area contributed by atoms with E-state index < -0.39 is 0 Å². The van der Waals surface area contributed by atoms with E-state index in [9.17, 15) is 0 Å². The smallest absolute Gasteiger partial charge is 0.162 e. The predicted octanol–water partition coefficient (Wildman–Crippen LogP) is 3.27. The average Bonchev–Trinajstić information content (AvgIpc) is 2.83. The van der Waals surface area contributed by atoms with Gasteiger partial charge in [-0.2, -0.15) is 0 Å². The maximum absolute atomic E-state index is 5.97. The van der Waals surface area contributed by atoms with Gasteiger partial charge in [-0.15, -0.1) is 0 Å². The molecule has 19 heavy (non-hydrogen) atoms. The van der Waals surface area contributed by atoms with E-state index in [1.165, 1.54) is 25.7 Å². The van der Waals surface area contributed by atoms with Crippen LogP contribution < -0.4 is 5.32 Å². The van der Waals surface area contributed by atoms with E-state index in [-0.39, 0.29) is 0 Å². The maximum Gasteiger partial charge on any atom is 0.162 e. The summed E-state index contributed by atoms with van der Waals surface area (Å²) in [6.07, 6.45) is 5.47. The fraction of sp³-hybridized carbons (Fsp3) is 0.800. The van der Waals surface area contributed by atoms with Crippen molar-refractivity contribution in [2.75, 3.05) is 0 Å². The summed E-state index contributed by atoms with van der Waals surface area (Å²) < 4.78 is 11.3. The first kappa shape index (κ1) is 14.5. The van der Waals surface area contributed by atoms with Gasteiger partial charge in [0.1, 0.15) is 6.61 Å². The van der Waals surface area contributed by atoms with Gasteiger partial charge in [0.05, 0.1) is 11.8 Å². The molecule has 108 valence electrons. The summed E-state index contributed by atoms with van der Waals surface area (Å²) in [5.74, 6) is 1.50. The highest BCUT2D eigenvalue weighted by atomic mass is 16.5. The predicted molar refractivity (Wildman–Crippen MR) is 74.7 cm³/mol. The van der Waals surface area contributed by atoms with Gasteiger partial charge in [-0.25, -0.2) is 0 Å². The minimum absolute atomic E-state index is 0.385. The van der Waals surface area contributed by atoms with E-state index in [0.29, 0.717) is 24.7 Å². The summed E-state index contributed by atoms with van der Waals surface area (Å²) in [4.78, 5) is 0. The zero-order valence-electron chi connectivity index (χ0n) is 12.3. The van der Waals surface area contributed by atoms with Gasteiger partial charge < -0.3 is 14.6 Å². The zero-order valence-corrected chi connectivity index (χ0v) is 12.3. The third-order valence-electron chi connectivity index (χ3n) is 3.77. The molecule has 1 N–H and O–H groups in total. The molecule has 2 atom stereocenters. The number of hydrogen-bond acceptors (Lipinski definition) is 4. The molecule has 1 aromatic heterocycles. The molecular weight excluding hydrogens is 240 g/mol. The second kappa shape index (κ2) is 7.06. The standard InChI is InChI=1S/C15H26N2O2/c1-11(2)16-9-13-8-14(19-17-13)10-18-15-7-5-4-6-12(15)3/h8,11-12,15-16H,4-7,9-10H2,1-3H3. The van der Waals surface area contributed by atoms with Crippen molar-refractivity contribution in [1.82, 2.24) is 10.5 Å². The lowest BCUT2D eigenvalue weighted by Gasteiger charge is -2.28. The highest BCUT2D eigenvalue weighted by molar-refractivity contribution is 5.04. The minimum Gasteiger partial charge on any atom is -0.370 e. The van der Waals surface area contributed by atoms with Crippen LogP contribution >= 0.6 is 0 Å². The normalized spacial score (nSPS) is 24.0. The van der Waals surface area contributed by atoms with Gasteiger partial charge in [0.2, 0.25) is 0 Å². The lowest BCUT2D eigenvalue weighted by Crippen LogP contribution is -2.25. The molecule has 1 heterocycles. The molecule has 2 rings (SSSR count). The van der Waals surface area contributed by atoms with Gasteiger partial charge in [0.25, 0.3) is 0 Å². The van der Waals surface area contributed by atoms with Gasteiger partial charge in [-0.05, 0) is 18.8 Å². The molecule has 1 aliphatic carbocycles. The van der Waals surface area contributed by atoms with Crippen molar-refractivity contribution in [3.63, 3.8) is 0 Å². The Morgan fingerprint density at radius 2 is 2.21 bits per heavy atom. The molecule has 0 radical (unpaired) electrons. The molecule has 0 amide bonds. The van der Waals surface area contributed by atoms with Gasteiger partial charge >= 0.3 is 0 Å². The molecule has 1 saturated carbocycles. The van der Waals surface area contributed by atoms with Crippen molar-refractivity contribution in [2.45, 2.75) is 71.8 Å². The van der Waals surface area contributed by atoms with Crippen LogP contribution in [0.4, 0.5) is 0 Å². The number of hydrogen-bond donors (Lipinski definition) is 1. The van der Waals surface area contributed by atoms with Crippen molar-refractivity contribution in [3.05, 3.63) is 17.5 Å². The van der Waals surface area contributed by atoms with Gasteiger partial charge in [0, 0.05) is 18.7 Å². The largest absolute Gasteiger partial charge is 0.370 e. The first-order valence-corrected chi connectivity index (χ1v) is 7.44. The van der Waals surface area contributed by atoms with E-state index in [1.807, 2.05) is 6.07 Å². The second-order valence-electron chi connectivity index (χ2n) is 5.93. The number of aromatic nitrogens is 1. The Bertz CT molecular complexity index is 376. The summed E-state index contributed by atoms with van der Waals surface area (Å²) in [5, 5.41) is 7.38. The summed E-state index contributed by atoms with van der Waals surface area (Å²) in [5.41, 5.74) is 0.948. The zero-order chi connectivity index (χ0) is 13.7. The van der Waals surface area contributed by atoms with Gasteiger partial charge in [-0.3, -0.25) is 0 Å². The monoisotopic (exact) mass is 266 g/mol. The Labute approximate surface area is 115 Å². The van der Waals surface area contributed by atoms with E-state index in [2.05, 4.69) is 31.2 Å². The third kappa shape index (κ3) is 4.62. The summed E-state index contributed by atoms with van der Waals surface area (Å²) in [7, 11) is 0. The van der Waals surface area contributed by atoms with Crippen LogP contribution in [0.5, 0.6) is 0 Å².